The molecule has 0 bridgehead atoms. The monoisotopic (exact) mass is 376 g/mol. The minimum Gasteiger partial charge on any atom is -0.421 e. The molecule has 1 aliphatic rings. The van der Waals surface area contributed by atoms with E-state index in [1.807, 2.05) is 24.3 Å². The Labute approximate surface area is 163 Å². The highest BCUT2D eigenvalue weighted by Crippen LogP contribution is 2.31. The zero-order chi connectivity index (χ0) is 19.3. The van der Waals surface area contributed by atoms with E-state index in [4.69, 9.17) is 4.42 Å². The van der Waals surface area contributed by atoms with Crippen molar-refractivity contribution in [2.45, 2.75) is 32.1 Å². The van der Waals surface area contributed by atoms with Gasteiger partial charge in [0.2, 0.25) is 0 Å². The van der Waals surface area contributed by atoms with Crippen molar-refractivity contribution in [3.63, 3.8) is 0 Å². The maximum Gasteiger partial charge on any atom is 0.362 e. The average molecular weight is 376 g/mol. The van der Waals surface area contributed by atoms with Gasteiger partial charge < -0.3 is 15.1 Å². The lowest BCUT2D eigenvalue weighted by Crippen LogP contribution is -2.22. The van der Waals surface area contributed by atoms with Crippen molar-refractivity contribution in [3.05, 3.63) is 70.6 Å². The molecular weight excluding hydrogens is 352 g/mol. The first kappa shape index (κ1) is 18.3. The minimum atomic E-state index is -0.547. The van der Waals surface area contributed by atoms with Crippen molar-refractivity contribution in [2.75, 3.05) is 17.2 Å². The Hall–Kier alpha value is -3.08. The van der Waals surface area contributed by atoms with E-state index in [0.717, 1.165) is 11.9 Å². The summed E-state index contributed by atoms with van der Waals surface area (Å²) < 4.78 is 5.45. The molecule has 28 heavy (non-hydrogen) atoms. The van der Waals surface area contributed by atoms with E-state index in [2.05, 4.69) is 10.6 Å². The Bertz CT molecular complexity index is 1020. The fraction of sp³-hybridized carbons (Fsp3) is 0.304. The third-order valence-corrected chi connectivity index (χ3v) is 5.38. The Balaban J connectivity index is 1.68. The SMILES string of the molecule is O=C(Nc1c(NCC2CCCCC2)c2ccccc2oc1=O)c1ccccc1. The van der Waals surface area contributed by atoms with Crippen LogP contribution in [0.4, 0.5) is 11.4 Å². The second kappa shape index (κ2) is 8.30. The van der Waals surface area contributed by atoms with E-state index >= 15 is 0 Å². The van der Waals surface area contributed by atoms with Crippen LogP contribution >= 0.6 is 0 Å². The largest absolute Gasteiger partial charge is 0.421 e. The molecule has 0 atom stereocenters. The van der Waals surface area contributed by atoms with E-state index < -0.39 is 5.63 Å². The van der Waals surface area contributed by atoms with Crippen LogP contribution in [0.1, 0.15) is 42.5 Å². The molecule has 144 valence electrons. The smallest absolute Gasteiger partial charge is 0.362 e. The summed E-state index contributed by atoms with van der Waals surface area (Å²) in [5.74, 6) is 0.251. The quantitative estimate of drug-likeness (QED) is 0.612. The van der Waals surface area contributed by atoms with Crippen LogP contribution < -0.4 is 16.3 Å². The zero-order valence-corrected chi connectivity index (χ0v) is 15.7. The van der Waals surface area contributed by atoms with Crippen molar-refractivity contribution in [1.82, 2.24) is 0 Å². The number of rotatable bonds is 5. The summed E-state index contributed by atoms with van der Waals surface area (Å²) in [4.78, 5) is 25.3. The average Bonchev–Trinajstić information content (AvgIpc) is 2.75. The molecule has 2 N–H and O–H groups in total. The number of nitrogens with one attached hydrogen (secondary N) is 2. The maximum absolute atomic E-state index is 12.7. The van der Waals surface area contributed by atoms with E-state index in [1.54, 1.807) is 30.3 Å². The Kier molecular flexibility index (Phi) is 5.42. The fourth-order valence-electron chi connectivity index (χ4n) is 3.86. The van der Waals surface area contributed by atoms with Gasteiger partial charge in [-0.25, -0.2) is 4.79 Å². The highest BCUT2D eigenvalue weighted by Gasteiger charge is 2.19. The summed E-state index contributed by atoms with van der Waals surface area (Å²) in [6.07, 6.45) is 6.19. The van der Waals surface area contributed by atoms with Gasteiger partial charge in [-0.15, -0.1) is 0 Å². The second-order valence-corrected chi connectivity index (χ2v) is 7.34. The van der Waals surface area contributed by atoms with Gasteiger partial charge in [-0.1, -0.05) is 49.6 Å². The lowest BCUT2D eigenvalue weighted by Gasteiger charge is -2.23. The molecule has 0 aliphatic heterocycles. The molecule has 0 radical (unpaired) electrons. The van der Waals surface area contributed by atoms with Crippen molar-refractivity contribution < 1.29 is 9.21 Å². The molecule has 5 nitrogen and oxygen atoms in total. The van der Waals surface area contributed by atoms with E-state index in [9.17, 15) is 9.59 Å². The molecule has 1 heterocycles. The lowest BCUT2D eigenvalue weighted by atomic mass is 9.89. The molecule has 0 unspecified atom stereocenters. The van der Waals surface area contributed by atoms with Crippen LogP contribution in [0, 0.1) is 5.92 Å². The molecule has 1 aliphatic carbocycles. The van der Waals surface area contributed by atoms with E-state index in [0.29, 0.717) is 22.8 Å². The molecule has 2 aromatic carbocycles. The molecule has 1 saturated carbocycles. The fourth-order valence-corrected chi connectivity index (χ4v) is 3.86. The van der Waals surface area contributed by atoms with Crippen LogP contribution in [-0.2, 0) is 0 Å². The standard InChI is InChI=1S/C23H24N2O3/c26-22(17-11-5-2-6-12-17)25-21-20(24-15-16-9-3-1-4-10-16)18-13-7-8-14-19(18)28-23(21)27/h2,5-8,11-14,16,24H,1,3-4,9-10,15H2,(H,25,26). The van der Waals surface area contributed by atoms with Crippen LogP contribution in [-0.4, -0.2) is 12.5 Å². The minimum absolute atomic E-state index is 0.170. The van der Waals surface area contributed by atoms with Crippen LogP contribution in [0.15, 0.2) is 63.8 Å². The van der Waals surface area contributed by atoms with Gasteiger partial charge in [-0.2, -0.15) is 0 Å². The van der Waals surface area contributed by atoms with Gasteiger partial charge in [0.15, 0.2) is 5.69 Å². The number of benzene rings is 2. The predicted molar refractivity (Wildman–Crippen MR) is 112 cm³/mol. The van der Waals surface area contributed by atoms with Gasteiger partial charge in [-0.3, -0.25) is 4.79 Å². The first-order valence-electron chi connectivity index (χ1n) is 9.88. The second-order valence-electron chi connectivity index (χ2n) is 7.34. The van der Waals surface area contributed by atoms with Gasteiger partial charge in [0.1, 0.15) is 5.58 Å². The highest BCUT2D eigenvalue weighted by molar-refractivity contribution is 6.08. The summed E-state index contributed by atoms with van der Waals surface area (Å²) in [5.41, 5.74) is 1.27. The number of carbonyl (C=O) groups is 1. The summed E-state index contributed by atoms with van der Waals surface area (Å²) in [6.45, 7) is 0.779. The maximum atomic E-state index is 12.7. The Morgan fingerprint density at radius 2 is 1.64 bits per heavy atom. The summed E-state index contributed by atoms with van der Waals surface area (Å²) in [6, 6.07) is 16.3. The number of hydrogen-bond donors (Lipinski definition) is 2. The molecule has 5 heteroatoms. The first-order valence-corrected chi connectivity index (χ1v) is 9.88. The van der Waals surface area contributed by atoms with Crippen LogP contribution in [0.2, 0.25) is 0 Å². The highest BCUT2D eigenvalue weighted by atomic mass is 16.4. The number of fused-ring (bicyclic) bond motifs is 1. The molecule has 1 aromatic heterocycles. The molecule has 4 rings (SSSR count). The zero-order valence-electron chi connectivity index (χ0n) is 15.7. The molecule has 1 fully saturated rings. The number of amides is 1. The molecular formula is C23H24N2O3. The van der Waals surface area contributed by atoms with Gasteiger partial charge in [0, 0.05) is 17.5 Å². The summed E-state index contributed by atoms with van der Waals surface area (Å²) in [5, 5.41) is 7.01. The van der Waals surface area contributed by atoms with Gasteiger partial charge in [0.25, 0.3) is 5.91 Å². The van der Waals surface area contributed by atoms with Gasteiger partial charge in [0.05, 0.1) is 5.69 Å². The van der Waals surface area contributed by atoms with Crippen molar-refractivity contribution >= 4 is 28.3 Å². The topological polar surface area (TPSA) is 71.3 Å². The van der Waals surface area contributed by atoms with Crippen molar-refractivity contribution in [2.24, 2.45) is 5.92 Å². The van der Waals surface area contributed by atoms with Crippen molar-refractivity contribution in [1.29, 1.82) is 0 Å². The van der Waals surface area contributed by atoms with E-state index in [1.165, 1.54) is 32.1 Å². The lowest BCUT2D eigenvalue weighted by molar-refractivity contribution is 0.102. The Morgan fingerprint density at radius 1 is 0.929 bits per heavy atom. The van der Waals surface area contributed by atoms with Crippen LogP contribution in [0.3, 0.4) is 0 Å². The third-order valence-electron chi connectivity index (χ3n) is 5.38. The molecule has 3 aromatic rings. The molecule has 1 amide bonds. The summed E-state index contributed by atoms with van der Waals surface area (Å²) >= 11 is 0. The summed E-state index contributed by atoms with van der Waals surface area (Å²) in [7, 11) is 0. The first-order chi connectivity index (χ1) is 13.7. The van der Waals surface area contributed by atoms with E-state index in [-0.39, 0.29) is 11.6 Å². The molecule has 0 saturated heterocycles. The van der Waals surface area contributed by atoms with Gasteiger partial charge >= 0.3 is 5.63 Å². The van der Waals surface area contributed by atoms with Crippen LogP contribution in [0.25, 0.3) is 11.0 Å². The van der Waals surface area contributed by atoms with Gasteiger partial charge in [-0.05, 0) is 43.0 Å². The van der Waals surface area contributed by atoms with Crippen molar-refractivity contribution in [3.8, 4) is 0 Å². The Morgan fingerprint density at radius 3 is 2.43 bits per heavy atom. The number of carbonyl (C=O) groups excluding carboxylic acids is 1. The predicted octanol–water partition coefficient (Wildman–Crippen LogP) is 5.04. The third kappa shape index (κ3) is 3.93. The number of para-hydroxylation sites is 1. The normalized spacial score (nSPS) is 14.7. The number of hydrogen-bond acceptors (Lipinski definition) is 4. The number of anilines is 2. The van der Waals surface area contributed by atoms with Crippen LogP contribution in [0.5, 0.6) is 0 Å². The molecule has 0 spiro atoms.